The highest BCUT2D eigenvalue weighted by atomic mass is 19.4. The first kappa shape index (κ1) is 15.8. The summed E-state index contributed by atoms with van der Waals surface area (Å²) < 4.78 is 37.7. The number of hydrogen-bond acceptors (Lipinski definition) is 4. The topological polar surface area (TPSA) is 59.9 Å². The van der Waals surface area contributed by atoms with E-state index in [-0.39, 0.29) is 16.8 Å². The Balaban J connectivity index is 2.38. The molecular formula is C15H11F3N2O2. The molecular weight excluding hydrogens is 297 g/mol. The van der Waals surface area contributed by atoms with Crippen LogP contribution in [-0.2, 0) is 6.18 Å². The lowest BCUT2D eigenvalue weighted by atomic mass is 9.99. The fourth-order valence-corrected chi connectivity index (χ4v) is 1.93. The minimum atomic E-state index is -4.60. The maximum absolute atomic E-state index is 12.6. The third kappa shape index (κ3) is 3.03. The van der Waals surface area contributed by atoms with E-state index in [2.05, 4.69) is 9.97 Å². The van der Waals surface area contributed by atoms with E-state index in [4.69, 9.17) is 0 Å². The SMILES string of the molecule is Cc1ncccc1C(=O)C(=O)c1ccc(C(F)(F)F)nc1C. The van der Waals surface area contributed by atoms with Crippen molar-refractivity contribution in [2.75, 3.05) is 0 Å². The molecule has 114 valence electrons. The fraction of sp³-hybridized carbons (Fsp3) is 0.200. The second-order valence-corrected chi connectivity index (χ2v) is 4.62. The van der Waals surface area contributed by atoms with Crippen LogP contribution >= 0.6 is 0 Å². The van der Waals surface area contributed by atoms with Gasteiger partial charge in [0.15, 0.2) is 0 Å². The normalized spacial score (nSPS) is 11.3. The summed E-state index contributed by atoms with van der Waals surface area (Å²) in [5, 5.41) is 0. The van der Waals surface area contributed by atoms with Gasteiger partial charge in [0.25, 0.3) is 0 Å². The van der Waals surface area contributed by atoms with E-state index in [0.29, 0.717) is 11.8 Å². The highest BCUT2D eigenvalue weighted by Crippen LogP contribution is 2.28. The Hall–Kier alpha value is -2.57. The Kier molecular flexibility index (Phi) is 4.07. The monoisotopic (exact) mass is 308 g/mol. The minimum Gasteiger partial charge on any atom is -0.285 e. The van der Waals surface area contributed by atoms with Gasteiger partial charge in [-0.15, -0.1) is 0 Å². The first-order valence-corrected chi connectivity index (χ1v) is 6.27. The predicted octanol–water partition coefficient (Wildman–Crippen LogP) is 3.18. The van der Waals surface area contributed by atoms with Gasteiger partial charge in [-0.25, -0.2) is 4.98 Å². The third-order valence-corrected chi connectivity index (χ3v) is 3.08. The van der Waals surface area contributed by atoms with Gasteiger partial charge in [-0.1, -0.05) is 0 Å². The van der Waals surface area contributed by atoms with E-state index < -0.39 is 23.4 Å². The number of aryl methyl sites for hydroxylation is 2. The average Bonchev–Trinajstić information content (AvgIpc) is 2.45. The first-order valence-electron chi connectivity index (χ1n) is 6.27. The molecule has 0 aromatic carbocycles. The number of nitrogens with zero attached hydrogens (tertiary/aromatic N) is 2. The standard InChI is InChI=1S/C15H11F3N2O2/c1-8-10(4-3-7-19-8)13(21)14(22)11-5-6-12(15(16,17)18)20-9(11)2/h3-7H,1-2H3. The lowest BCUT2D eigenvalue weighted by Crippen LogP contribution is -2.19. The number of pyridine rings is 2. The van der Waals surface area contributed by atoms with Crippen LogP contribution in [0, 0.1) is 13.8 Å². The van der Waals surface area contributed by atoms with E-state index in [0.717, 1.165) is 6.07 Å². The van der Waals surface area contributed by atoms with Crippen LogP contribution in [0.1, 0.15) is 37.8 Å². The molecule has 7 heteroatoms. The summed E-state index contributed by atoms with van der Waals surface area (Å²) in [6.45, 7) is 2.82. The molecule has 2 heterocycles. The number of Topliss-reactive ketones (excluding diaryl/α,β-unsaturated/α-hetero) is 2. The lowest BCUT2D eigenvalue weighted by Gasteiger charge is -2.09. The molecule has 0 saturated heterocycles. The minimum absolute atomic E-state index is 0.117. The molecule has 0 aliphatic heterocycles. The van der Waals surface area contributed by atoms with E-state index >= 15 is 0 Å². The number of ketones is 2. The number of carbonyl (C=O) groups excluding carboxylic acids is 2. The molecule has 0 unspecified atom stereocenters. The van der Waals surface area contributed by atoms with Crippen molar-refractivity contribution in [3.05, 3.63) is 58.7 Å². The van der Waals surface area contributed by atoms with Crippen LogP contribution < -0.4 is 0 Å². The van der Waals surface area contributed by atoms with Gasteiger partial charge in [-0.05, 0) is 38.1 Å². The zero-order chi connectivity index (χ0) is 16.5. The van der Waals surface area contributed by atoms with Crippen LogP contribution in [0.15, 0.2) is 30.5 Å². The van der Waals surface area contributed by atoms with Gasteiger partial charge in [0.2, 0.25) is 11.6 Å². The van der Waals surface area contributed by atoms with Crippen molar-refractivity contribution in [3.63, 3.8) is 0 Å². The summed E-state index contributed by atoms with van der Waals surface area (Å²) in [6.07, 6.45) is -3.13. The van der Waals surface area contributed by atoms with Crippen LogP contribution in [0.5, 0.6) is 0 Å². The van der Waals surface area contributed by atoms with Crippen molar-refractivity contribution in [2.45, 2.75) is 20.0 Å². The second kappa shape index (κ2) is 5.67. The van der Waals surface area contributed by atoms with E-state index in [1.54, 1.807) is 6.92 Å². The number of rotatable bonds is 3. The number of aromatic nitrogens is 2. The van der Waals surface area contributed by atoms with E-state index in [1.807, 2.05) is 0 Å². The molecule has 0 radical (unpaired) electrons. The van der Waals surface area contributed by atoms with Gasteiger partial charge in [-0.2, -0.15) is 13.2 Å². The largest absolute Gasteiger partial charge is 0.433 e. The molecule has 22 heavy (non-hydrogen) atoms. The van der Waals surface area contributed by atoms with E-state index in [9.17, 15) is 22.8 Å². The summed E-state index contributed by atoms with van der Waals surface area (Å²) in [6, 6.07) is 4.60. The first-order chi connectivity index (χ1) is 10.2. The Morgan fingerprint density at radius 2 is 1.55 bits per heavy atom. The summed E-state index contributed by atoms with van der Waals surface area (Å²) in [7, 11) is 0. The van der Waals surface area contributed by atoms with Crippen molar-refractivity contribution in [3.8, 4) is 0 Å². The molecule has 0 amide bonds. The zero-order valence-corrected chi connectivity index (χ0v) is 11.7. The Bertz CT molecular complexity index is 755. The van der Waals surface area contributed by atoms with Gasteiger partial charge >= 0.3 is 6.18 Å². The molecule has 0 atom stereocenters. The van der Waals surface area contributed by atoms with Crippen molar-refractivity contribution in [1.29, 1.82) is 0 Å². The highest BCUT2D eigenvalue weighted by molar-refractivity contribution is 6.49. The van der Waals surface area contributed by atoms with Gasteiger partial charge in [0.1, 0.15) is 5.69 Å². The van der Waals surface area contributed by atoms with Crippen LogP contribution in [0.25, 0.3) is 0 Å². The smallest absolute Gasteiger partial charge is 0.285 e. The van der Waals surface area contributed by atoms with Crippen molar-refractivity contribution >= 4 is 11.6 Å². The predicted molar refractivity (Wildman–Crippen MR) is 71.6 cm³/mol. The quantitative estimate of drug-likeness (QED) is 0.645. The number of hydrogen-bond donors (Lipinski definition) is 0. The number of alkyl halides is 3. The molecule has 0 aliphatic rings. The van der Waals surface area contributed by atoms with Crippen molar-refractivity contribution < 1.29 is 22.8 Å². The summed E-state index contributed by atoms with van der Waals surface area (Å²) in [5.74, 6) is -1.73. The van der Waals surface area contributed by atoms with Crippen molar-refractivity contribution in [2.24, 2.45) is 0 Å². The van der Waals surface area contributed by atoms with Crippen LogP contribution in [-0.4, -0.2) is 21.5 Å². The molecule has 0 saturated carbocycles. The maximum Gasteiger partial charge on any atom is 0.433 e. The summed E-state index contributed by atoms with van der Waals surface area (Å²) in [5.41, 5.74) is -0.910. The molecule has 0 aliphatic carbocycles. The Morgan fingerprint density at radius 3 is 2.05 bits per heavy atom. The summed E-state index contributed by atoms with van der Waals surface area (Å²) in [4.78, 5) is 31.6. The number of carbonyl (C=O) groups is 2. The Morgan fingerprint density at radius 1 is 0.955 bits per heavy atom. The lowest BCUT2D eigenvalue weighted by molar-refractivity contribution is -0.141. The maximum atomic E-state index is 12.6. The number of halogens is 3. The molecule has 0 fully saturated rings. The highest BCUT2D eigenvalue weighted by Gasteiger charge is 2.33. The average molecular weight is 308 g/mol. The molecule has 2 rings (SSSR count). The van der Waals surface area contributed by atoms with E-state index in [1.165, 1.54) is 25.3 Å². The fourth-order valence-electron chi connectivity index (χ4n) is 1.93. The second-order valence-electron chi connectivity index (χ2n) is 4.62. The van der Waals surface area contributed by atoms with Crippen LogP contribution in [0.2, 0.25) is 0 Å². The van der Waals surface area contributed by atoms with Gasteiger partial charge < -0.3 is 0 Å². The Labute approximate surface area is 124 Å². The molecule has 2 aromatic rings. The summed E-state index contributed by atoms with van der Waals surface area (Å²) >= 11 is 0. The van der Waals surface area contributed by atoms with Crippen LogP contribution in [0.4, 0.5) is 13.2 Å². The van der Waals surface area contributed by atoms with Crippen LogP contribution in [0.3, 0.4) is 0 Å². The third-order valence-electron chi connectivity index (χ3n) is 3.08. The molecule has 2 aromatic heterocycles. The molecule has 0 bridgehead atoms. The zero-order valence-electron chi connectivity index (χ0n) is 11.7. The van der Waals surface area contributed by atoms with Gasteiger partial charge in [0, 0.05) is 28.7 Å². The molecule has 4 nitrogen and oxygen atoms in total. The molecule has 0 spiro atoms. The van der Waals surface area contributed by atoms with Crippen molar-refractivity contribution in [1.82, 2.24) is 9.97 Å². The van der Waals surface area contributed by atoms with Gasteiger partial charge in [-0.3, -0.25) is 14.6 Å². The van der Waals surface area contributed by atoms with Gasteiger partial charge in [0.05, 0.1) is 0 Å². The molecule has 0 N–H and O–H groups in total.